The van der Waals surface area contributed by atoms with E-state index in [4.69, 9.17) is 9.47 Å². The molecule has 28 heavy (non-hydrogen) atoms. The van der Waals surface area contributed by atoms with E-state index in [0.717, 1.165) is 22.7 Å². The van der Waals surface area contributed by atoms with Crippen LogP contribution in [-0.4, -0.2) is 25.5 Å². The number of rotatable bonds is 10. The predicted octanol–water partition coefficient (Wildman–Crippen LogP) is 3.77. The lowest BCUT2D eigenvalue weighted by Gasteiger charge is -2.10. The van der Waals surface area contributed by atoms with E-state index in [0.29, 0.717) is 26.0 Å². The fraction of sp³-hybridized carbons (Fsp3) is 0.364. The molecule has 2 amide bonds. The summed E-state index contributed by atoms with van der Waals surface area (Å²) in [6, 6.07) is 14.8. The van der Waals surface area contributed by atoms with Crippen LogP contribution >= 0.6 is 0 Å². The van der Waals surface area contributed by atoms with Crippen LogP contribution in [0.15, 0.2) is 48.5 Å². The Bertz CT molecular complexity index is 755. The van der Waals surface area contributed by atoms with Gasteiger partial charge in [0, 0.05) is 24.6 Å². The number of carbonyl (C=O) groups is 2. The van der Waals surface area contributed by atoms with Crippen molar-refractivity contribution in [1.82, 2.24) is 5.32 Å². The number of carbonyl (C=O) groups excluding carboxylic acids is 2. The van der Waals surface area contributed by atoms with Crippen LogP contribution in [0.4, 0.5) is 5.69 Å². The average molecular weight is 384 g/mol. The molecule has 0 fully saturated rings. The van der Waals surface area contributed by atoms with E-state index in [1.807, 2.05) is 62.4 Å². The first-order chi connectivity index (χ1) is 13.5. The first-order valence-corrected chi connectivity index (χ1v) is 9.41. The Morgan fingerprint density at radius 3 is 2.21 bits per heavy atom. The van der Waals surface area contributed by atoms with E-state index in [1.54, 1.807) is 7.11 Å². The number of anilines is 1. The molecule has 0 saturated carbocycles. The molecule has 2 rings (SSSR count). The quantitative estimate of drug-likeness (QED) is 0.612. The summed E-state index contributed by atoms with van der Waals surface area (Å²) < 4.78 is 10.7. The monoisotopic (exact) mass is 384 g/mol. The second kappa shape index (κ2) is 11.0. The molecule has 0 bridgehead atoms. The number of methoxy groups -OCH3 is 1. The minimum Gasteiger partial charge on any atom is -0.497 e. The highest BCUT2D eigenvalue weighted by atomic mass is 16.5. The number of hydrogen-bond acceptors (Lipinski definition) is 4. The van der Waals surface area contributed by atoms with Crippen molar-refractivity contribution in [3.05, 3.63) is 54.1 Å². The van der Waals surface area contributed by atoms with Gasteiger partial charge in [-0.05, 0) is 48.4 Å². The van der Waals surface area contributed by atoms with Crippen LogP contribution < -0.4 is 20.1 Å². The summed E-state index contributed by atoms with van der Waals surface area (Å²) in [4.78, 5) is 23.6. The van der Waals surface area contributed by atoms with E-state index in [2.05, 4.69) is 10.6 Å². The molecule has 0 spiro atoms. The van der Waals surface area contributed by atoms with Crippen LogP contribution in [0.1, 0.15) is 32.3 Å². The van der Waals surface area contributed by atoms with Gasteiger partial charge in [-0.25, -0.2) is 0 Å². The maximum Gasteiger partial charge on any atom is 0.226 e. The Labute approximate surface area is 166 Å². The van der Waals surface area contributed by atoms with Gasteiger partial charge in [0.2, 0.25) is 11.8 Å². The molecule has 2 aromatic carbocycles. The molecule has 0 heterocycles. The van der Waals surface area contributed by atoms with E-state index in [-0.39, 0.29) is 17.7 Å². The lowest BCUT2D eigenvalue weighted by Crippen LogP contribution is -2.23. The van der Waals surface area contributed by atoms with E-state index in [1.165, 1.54) is 0 Å². The van der Waals surface area contributed by atoms with Gasteiger partial charge in [0.1, 0.15) is 11.5 Å². The van der Waals surface area contributed by atoms with Gasteiger partial charge in [-0.15, -0.1) is 0 Å². The van der Waals surface area contributed by atoms with Gasteiger partial charge in [-0.2, -0.15) is 0 Å². The van der Waals surface area contributed by atoms with Gasteiger partial charge in [0.05, 0.1) is 13.7 Å². The zero-order valence-corrected chi connectivity index (χ0v) is 16.7. The highest BCUT2D eigenvalue weighted by molar-refractivity contribution is 5.92. The molecule has 2 aromatic rings. The first-order valence-electron chi connectivity index (χ1n) is 9.41. The van der Waals surface area contributed by atoms with Gasteiger partial charge in [0.25, 0.3) is 0 Å². The van der Waals surface area contributed by atoms with Gasteiger partial charge in [-0.1, -0.05) is 26.0 Å². The second-order valence-electron chi connectivity index (χ2n) is 6.75. The van der Waals surface area contributed by atoms with Crippen LogP contribution in [0.2, 0.25) is 0 Å². The number of benzene rings is 2. The summed E-state index contributed by atoms with van der Waals surface area (Å²) in [7, 11) is 1.62. The molecule has 6 heteroatoms. The Hall–Kier alpha value is -3.02. The molecule has 0 saturated heterocycles. The smallest absolute Gasteiger partial charge is 0.226 e. The lowest BCUT2D eigenvalue weighted by molar-refractivity contribution is -0.121. The van der Waals surface area contributed by atoms with Gasteiger partial charge in [0.15, 0.2) is 0 Å². The topological polar surface area (TPSA) is 76.7 Å². The minimum absolute atomic E-state index is 0.0158. The molecule has 0 aliphatic carbocycles. The predicted molar refractivity (Wildman–Crippen MR) is 109 cm³/mol. The number of nitrogens with one attached hydrogen (secondary N) is 2. The molecule has 0 atom stereocenters. The molecule has 2 N–H and O–H groups in total. The summed E-state index contributed by atoms with van der Waals surface area (Å²) in [5.74, 6) is 1.44. The summed E-state index contributed by atoms with van der Waals surface area (Å²) in [5.41, 5.74) is 1.73. The van der Waals surface area contributed by atoms with Crippen molar-refractivity contribution in [3.8, 4) is 11.5 Å². The Kier molecular flexibility index (Phi) is 8.34. The molecule has 0 aliphatic rings. The van der Waals surface area contributed by atoms with E-state index in [9.17, 15) is 9.59 Å². The third kappa shape index (κ3) is 7.31. The number of ether oxygens (including phenoxy) is 2. The van der Waals surface area contributed by atoms with Crippen molar-refractivity contribution in [1.29, 1.82) is 0 Å². The SMILES string of the molecule is COc1ccc(OCCCC(=O)NCc2ccc(NC(=O)C(C)C)cc2)cc1. The third-order valence-electron chi connectivity index (χ3n) is 4.11. The van der Waals surface area contributed by atoms with Crippen LogP contribution in [0, 0.1) is 5.92 Å². The van der Waals surface area contributed by atoms with Crippen molar-refractivity contribution in [2.45, 2.75) is 33.2 Å². The minimum atomic E-state index is -0.0623. The zero-order chi connectivity index (χ0) is 20.4. The van der Waals surface area contributed by atoms with Gasteiger partial charge in [-0.3, -0.25) is 9.59 Å². The van der Waals surface area contributed by atoms with Crippen molar-refractivity contribution in [2.24, 2.45) is 5.92 Å². The molecule has 6 nitrogen and oxygen atoms in total. The van der Waals surface area contributed by atoms with E-state index < -0.39 is 0 Å². The molecule has 0 unspecified atom stereocenters. The first kappa shape index (κ1) is 21.3. The maximum atomic E-state index is 12.0. The summed E-state index contributed by atoms with van der Waals surface area (Å²) >= 11 is 0. The highest BCUT2D eigenvalue weighted by Crippen LogP contribution is 2.17. The molecular formula is C22H28N2O4. The van der Waals surface area contributed by atoms with Crippen molar-refractivity contribution < 1.29 is 19.1 Å². The van der Waals surface area contributed by atoms with Gasteiger partial charge >= 0.3 is 0 Å². The zero-order valence-electron chi connectivity index (χ0n) is 16.7. The lowest BCUT2D eigenvalue weighted by atomic mass is 10.1. The summed E-state index contributed by atoms with van der Waals surface area (Å²) in [6.07, 6.45) is 1.04. The van der Waals surface area contributed by atoms with Crippen LogP contribution in [0.25, 0.3) is 0 Å². The largest absolute Gasteiger partial charge is 0.497 e. The molecule has 150 valence electrons. The van der Waals surface area contributed by atoms with Crippen molar-refractivity contribution in [2.75, 3.05) is 19.0 Å². The number of amides is 2. The average Bonchev–Trinajstić information content (AvgIpc) is 2.71. The molecule has 0 radical (unpaired) electrons. The van der Waals surface area contributed by atoms with Crippen LogP contribution in [0.3, 0.4) is 0 Å². The molecule has 0 aromatic heterocycles. The normalized spacial score (nSPS) is 10.4. The second-order valence-corrected chi connectivity index (χ2v) is 6.75. The van der Waals surface area contributed by atoms with Gasteiger partial charge < -0.3 is 20.1 Å². The summed E-state index contributed by atoms with van der Waals surface area (Å²) in [5, 5.41) is 5.73. The van der Waals surface area contributed by atoms with Crippen molar-refractivity contribution >= 4 is 17.5 Å². The highest BCUT2D eigenvalue weighted by Gasteiger charge is 2.07. The Balaban J connectivity index is 1.64. The molecule has 0 aliphatic heterocycles. The third-order valence-corrected chi connectivity index (χ3v) is 4.11. The maximum absolute atomic E-state index is 12.0. The number of hydrogen-bond donors (Lipinski definition) is 2. The van der Waals surface area contributed by atoms with Crippen LogP contribution in [-0.2, 0) is 16.1 Å². The molecular weight excluding hydrogens is 356 g/mol. The Morgan fingerprint density at radius 2 is 1.61 bits per heavy atom. The van der Waals surface area contributed by atoms with Crippen molar-refractivity contribution in [3.63, 3.8) is 0 Å². The van der Waals surface area contributed by atoms with E-state index >= 15 is 0 Å². The fourth-order valence-electron chi connectivity index (χ4n) is 2.38. The standard InChI is InChI=1S/C22H28N2O4/c1-16(2)22(26)24-18-8-6-17(7-9-18)15-23-21(25)5-4-14-28-20-12-10-19(27-3)11-13-20/h6-13,16H,4-5,14-15H2,1-3H3,(H,23,25)(H,24,26). The van der Waals surface area contributed by atoms with Crippen LogP contribution in [0.5, 0.6) is 11.5 Å². The Morgan fingerprint density at radius 1 is 0.964 bits per heavy atom. The fourth-order valence-corrected chi connectivity index (χ4v) is 2.38. The summed E-state index contributed by atoms with van der Waals surface area (Å²) in [6.45, 7) is 4.63.